The van der Waals surface area contributed by atoms with E-state index in [0.29, 0.717) is 25.1 Å². The van der Waals surface area contributed by atoms with E-state index in [1.54, 1.807) is 4.68 Å². The largest absolute Gasteiger partial charge is 0.323 e. The first-order chi connectivity index (χ1) is 10.2. The Morgan fingerprint density at radius 1 is 1.19 bits per heavy atom. The molecular weight excluding hydrogens is 266 g/mol. The van der Waals surface area contributed by atoms with E-state index >= 15 is 0 Å². The van der Waals surface area contributed by atoms with Gasteiger partial charge in [-0.15, -0.1) is 0 Å². The van der Waals surface area contributed by atoms with Crippen LogP contribution in [-0.2, 0) is 17.8 Å². The van der Waals surface area contributed by atoms with Crippen molar-refractivity contribution in [1.82, 2.24) is 9.36 Å². The highest BCUT2D eigenvalue weighted by atomic mass is 16.1. The summed E-state index contributed by atoms with van der Waals surface area (Å²) in [4.78, 5) is 23.4. The van der Waals surface area contributed by atoms with Crippen LogP contribution in [0.1, 0.15) is 32.4 Å². The molecule has 0 aliphatic heterocycles. The van der Waals surface area contributed by atoms with Crippen LogP contribution in [0.2, 0.25) is 0 Å². The highest BCUT2D eigenvalue weighted by molar-refractivity contribution is 5.72. The number of aromatic nitrogens is 2. The van der Waals surface area contributed by atoms with Gasteiger partial charge in [-0.1, -0.05) is 38.5 Å². The van der Waals surface area contributed by atoms with Crippen LogP contribution < -0.4 is 10.9 Å². The number of amides is 1. The first-order valence-electron chi connectivity index (χ1n) is 7.34. The summed E-state index contributed by atoms with van der Waals surface area (Å²) in [5.41, 5.74) is 2.00. The Balaban J connectivity index is 2.66. The number of anilines is 1. The lowest BCUT2D eigenvalue weighted by Gasteiger charge is -2.14. The van der Waals surface area contributed by atoms with Crippen molar-refractivity contribution in [2.45, 2.75) is 39.7 Å². The Morgan fingerprint density at radius 2 is 1.90 bits per heavy atom. The van der Waals surface area contributed by atoms with E-state index in [2.05, 4.69) is 12.2 Å². The lowest BCUT2D eigenvalue weighted by atomic mass is 10.2. The van der Waals surface area contributed by atoms with Gasteiger partial charge in [0, 0.05) is 6.54 Å². The number of rotatable bonds is 7. The summed E-state index contributed by atoms with van der Waals surface area (Å²) in [7, 11) is 0. The maximum Gasteiger partial charge on any atom is 0.291 e. The van der Waals surface area contributed by atoms with Crippen molar-refractivity contribution in [2.75, 3.05) is 5.32 Å². The fourth-order valence-corrected chi connectivity index (χ4v) is 2.50. The van der Waals surface area contributed by atoms with E-state index in [1.165, 1.54) is 0 Å². The quantitative estimate of drug-likeness (QED) is 0.796. The third kappa shape index (κ3) is 2.91. The van der Waals surface area contributed by atoms with Gasteiger partial charge in [-0.05, 0) is 25.0 Å². The maximum atomic E-state index is 12.6. The molecule has 112 valence electrons. The minimum atomic E-state index is -0.142. The van der Waals surface area contributed by atoms with Crippen LogP contribution in [0.5, 0.6) is 0 Å². The third-order valence-electron chi connectivity index (χ3n) is 3.50. The predicted octanol–water partition coefficient (Wildman–Crippen LogP) is 2.57. The molecule has 1 N–H and O–H groups in total. The second kappa shape index (κ2) is 6.92. The van der Waals surface area contributed by atoms with Crippen LogP contribution in [0.4, 0.5) is 5.69 Å². The SMILES string of the molecule is CCCCn1c(=O)c(NC=O)c(CC)n1-c1ccccc1. The summed E-state index contributed by atoms with van der Waals surface area (Å²) in [5.74, 6) is 0. The van der Waals surface area contributed by atoms with Gasteiger partial charge in [-0.2, -0.15) is 0 Å². The molecule has 0 spiro atoms. The molecule has 1 heterocycles. The van der Waals surface area contributed by atoms with Crippen LogP contribution in [0.25, 0.3) is 5.69 Å². The normalized spacial score (nSPS) is 10.6. The van der Waals surface area contributed by atoms with Gasteiger partial charge in [0.1, 0.15) is 5.69 Å². The molecule has 0 fully saturated rings. The monoisotopic (exact) mass is 287 g/mol. The number of unbranched alkanes of at least 4 members (excludes halogenated alkanes) is 1. The molecule has 5 heteroatoms. The Labute approximate surface area is 124 Å². The first kappa shape index (κ1) is 15.1. The Kier molecular flexibility index (Phi) is 4.98. The molecular formula is C16H21N3O2. The fraction of sp³-hybridized carbons (Fsp3) is 0.375. The van der Waals surface area contributed by atoms with E-state index in [4.69, 9.17) is 0 Å². The predicted molar refractivity (Wildman–Crippen MR) is 84.0 cm³/mol. The second-order valence-electron chi connectivity index (χ2n) is 4.87. The number of hydrogen-bond donors (Lipinski definition) is 1. The molecule has 5 nitrogen and oxygen atoms in total. The van der Waals surface area contributed by atoms with E-state index in [1.807, 2.05) is 41.9 Å². The number of para-hydroxylation sites is 1. The first-order valence-corrected chi connectivity index (χ1v) is 7.34. The molecule has 0 bridgehead atoms. The molecule has 1 aromatic heterocycles. The number of hydrogen-bond acceptors (Lipinski definition) is 2. The lowest BCUT2D eigenvalue weighted by molar-refractivity contribution is -0.105. The smallest absolute Gasteiger partial charge is 0.291 e. The molecule has 1 amide bonds. The van der Waals surface area contributed by atoms with Crippen molar-refractivity contribution >= 4 is 12.1 Å². The van der Waals surface area contributed by atoms with Gasteiger partial charge in [0.2, 0.25) is 6.41 Å². The van der Waals surface area contributed by atoms with E-state index in [9.17, 15) is 9.59 Å². The summed E-state index contributed by atoms with van der Waals surface area (Å²) in [6.45, 7) is 4.71. The highest BCUT2D eigenvalue weighted by Crippen LogP contribution is 2.18. The molecule has 2 rings (SSSR count). The molecule has 0 aliphatic carbocycles. The summed E-state index contributed by atoms with van der Waals surface area (Å²) < 4.78 is 3.63. The third-order valence-corrected chi connectivity index (χ3v) is 3.50. The van der Waals surface area contributed by atoms with Gasteiger partial charge in [0.05, 0.1) is 11.4 Å². The van der Waals surface area contributed by atoms with Gasteiger partial charge in [-0.25, -0.2) is 4.68 Å². The molecule has 0 saturated carbocycles. The van der Waals surface area contributed by atoms with Gasteiger partial charge < -0.3 is 5.32 Å². The lowest BCUT2D eigenvalue weighted by Crippen LogP contribution is -2.23. The van der Waals surface area contributed by atoms with Crippen molar-refractivity contribution in [3.63, 3.8) is 0 Å². The van der Waals surface area contributed by atoms with Gasteiger partial charge in [0.25, 0.3) is 5.56 Å². The molecule has 2 aromatic rings. The molecule has 0 radical (unpaired) electrons. The highest BCUT2D eigenvalue weighted by Gasteiger charge is 2.19. The molecule has 0 atom stereocenters. The van der Waals surface area contributed by atoms with Crippen LogP contribution >= 0.6 is 0 Å². The minimum Gasteiger partial charge on any atom is -0.323 e. The summed E-state index contributed by atoms with van der Waals surface area (Å²) in [6.07, 6.45) is 3.15. The van der Waals surface area contributed by atoms with Crippen LogP contribution in [-0.4, -0.2) is 15.8 Å². The average Bonchev–Trinajstić information content (AvgIpc) is 2.78. The van der Waals surface area contributed by atoms with Gasteiger partial charge in [0.15, 0.2) is 0 Å². The molecule has 1 aromatic carbocycles. The van der Waals surface area contributed by atoms with Crippen molar-refractivity contribution in [1.29, 1.82) is 0 Å². The maximum absolute atomic E-state index is 12.6. The molecule has 0 saturated heterocycles. The second-order valence-corrected chi connectivity index (χ2v) is 4.87. The van der Waals surface area contributed by atoms with Gasteiger partial charge >= 0.3 is 0 Å². The van der Waals surface area contributed by atoms with Crippen molar-refractivity contribution in [3.8, 4) is 5.69 Å². The molecule has 21 heavy (non-hydrogen) atoms. The number of carbonyl (C=O) groups excluding carboxylic acids is 1. The Bertz CT molecular complexity index is 656. The van der Waals surface area contributed by atoms with Crippen molar-refractivity contribution in [2.24, 2.45) is 0 Å². The Morgan fingerprint density at radius 3 is 2.48 bits per heavy atom. The summed E-state index contributed by atoms with van der Waals surface area (Å²) in [6, 6.07) is 9.75. The van der Waals surface area contributed by atoms with E-state index < -0.39 is 0 Å². The zero-order chi connectivity index (χ0) is 15.2. The minimum absolute atomic E-state index is 0.142. The van der Waals surface area contributed by atoms with Crippen LogP contribution in [0.3, 0.4) is 0 Å². The topological polar surface area (TPSA) is 56.0 Å². The Hall–Kier alpha value is -2.30. The molecule has 0 aliphatic rings. The zero-order valence-corrected chi connectivity index (χ0v) is 12.5. The summed E-state index contributed by atoms with van der Waals surface area (Å²) >= 11 is 0. The molecule has 0 unspecified atom stereocenters. The van der Waals surface area contributed by atoms with E-state index in [0.717, 1.165) is 24.2 Å². The standard InChI is InChI=1S/C16H21N3O2/c1-3-5-11-18-16(21)15(17-12-20)14(4-2)19(18)13-9-7-6-8-10-13/h6-10,12H,3-5,11H2,1-2H3,(H,17,20). The summed E-state index contributed by atoms with van der Waals surface area (Å²) in [5, 5.41) is 2.57. The van der Waals surface area contributed by atoms with Crippen molar-refractivity contribution < 1.29 is 4.79 Å². The van der Waals surface area contributed by atoms with Crippen LogP contribution in [0.15, 0.2) is 35.1 Å². The zero-order valence-electron chi connectivity index (χ0n) is 12.5. The number of nitrogens with one attached hydrogen (secondary N) is 1. The number of benzene rings is 1. The van der Waals surface area contributed by atoms with Gasteiger partial charge in [-0.3, -0.25) is 14.3 Å². The van der Waals surface area contributed by atoms with Crippen molar-refractivity contribution in [3.05, 3.63) is 46.4 Å². The number of carbonyl (C=O) groups is 1. The fourth-order valence-electron chi connectivity index (χ4n) is 2.50. The number of nitrogens with zero attached hydrogens (tertiary/aromatic N) is 2. The van der Waals surface area contributed by atoms with E-state index in [-0.39, 0.29) is 5.56 Å². The van der Waals surface area contributed by atoms with Crippen LogP contribution in [0, 0.1) is 0 Å². The average molecular weight is 287 g/mol.